The fourth-order valence-electron chi connectivity index (χ4n) is 1.73. The zero-order chi connectivity index (χ0) is 14.2. The summed E-state index contributed by atoms with van der Waals surface area (Å²) >= 11 is 11.7. The van der Waals surface area contributed by atoms with Crippen LogP contribution in [0.4, 0.5) is 10.1 Å². The van der Waals surface area contributed by atoms with E-state index in [1.54, 1.807) is 10.9 Å². The molecule has 0 aliphatic carbocycles. The van der Waals surface area contributed by atoms with Crippen LogP contribution in [0.1, 0.15) is 26.3 Å². The summed E-state index contributed by atoms with van der Waals surface area (Å²) in [5.74, 6) is -0.543. The summed E-state index contributed by atoms with van der Waals surface area (Å²) in [6.45, 7) is 4.08. The summed E-state index contributed by atoms with van der Waals surface area (Å²) in [4.78, 5) is 0. The van der Waals surface area contributed by atoms with Gasteiger partial charge in [-0.1, -0.05) is 30.1 Å². The lowest BCUT2D eigenvalue weighted by Gasteiger charge is -2.08. The van der Waals surface area contributed by atoms with Crippen LogP contribution in [-0.4, -0.2) is 9.78 Å². The van der Waals surface area contributed by atoms with Crippen molar-refractivity contribution in [1.82, 2.24) is 9.78 Å². The van der Waals surface area contributed by atoms with Gasteiger partial charge in [0.15, 0.2) is 0 Å². The third-order valence-corrected chi connectivity index (χ3v) is 3.67. The molecule has 0 saturated heterocycles. The summed E-state index contributed by atoms with van der Waals surface area (Å²) in [6, 6.07) is 2.83. The fraction of sp³-hybridized carbons (Fsp3) is 0.308. The first-order valence-electron chi connectivity index (χ1n) is 5.93. The summed E-state index contributed by atoms with van der Waals surface area (Å²) in [6.07, 6.45) is 2.65. The molecule has 0 amide bonds. The topological polar surface area (TPSA) is 43.8 Å². The normalized spacial score (nSPS) is 12.7. The molecule has 1 aromatic carbocycles. The predicted molar refractivity (Wildman–Crippen MR) is 77.1 cm³/mol. The van der Waals surface area contributed by atoms with Gasteiger partial charge in [0.1, 0.15) is 11.5 Å². The molecule has 0 aliphatic heterocycles. The molecule has 3 nitrogen and oxygen atoms in total. The molecule has 0 radical (unpaired) electrons. The zero-order valence-corrected chi connectivity index (χ0v) is 12.1. The molecule has 0 bridgehead atoms. The number of hydrogen-bond donors (Lipinski definition) is 1. The van der Waals surface area contributed by atoms with Crippen LogP contribution in [-0.2, 0) is 0 Å². The van der Waals surface area contributed by atoms with Gasteiger partial charge in [-0.3, -0.25) is 4.68 Å². The highest BCUT2D eigenvalue weighted by Gasteiger charge is 2.16. The van der Waals surface area contributed by atoms with Gasteiger partial charge in [0.05, 0.1) is 15.7 Å². The van der Waals surface area contributed by atoms with E-state index in [9.17, 15) is 4.39 Å². The van der Waals surface area contributed by atoms with Crippen molar-refractivity contribution < 1.29 is 4.39 Å². The van der Waals surface area contributed by atoms with E-state index in [-0.39, 0.29) is 11.1 Å². The first-order chi connectivity index (χ1) is 8.93. The molecule has 0 fully saturated rings. The summed E-state index contributed by atoms with van der Waals surface area (Å²) in [5, 5.41) is 4.69. The highest BCUT2D eigenvalue weighted by atomic mass is 35.5. The van der Waals surface area contributed by atoms with Crippen LogP contribution >= 0.6 is 23.2 Å². The van der Waals surface area contributed by atoms with E-state index in [2.05, 4.69) is 12.0 Å². The van der Waals surface area contributed by atoms with Crippen molar-refractivity contribution in [2.45, 2.75) is 26.3 Å². The zero-order valence-electron chi connectivity index (χ0n) is 10.6. The lowest BCUT2D eigenvalue weighted by molar-refractivity contribution is 0.479. The molecule has 1 aromatic heterocycles. The number of nitrogens with zero attached hydrogens (tertiary/aromatic N) is 2. The van der Waals surface area contributed by atoms with E-state index in [1.807, 2.05) is 6.92 Å². The minimum absolute atomic E-state index is 0.0197. The SMILES string of the molecule is CCC(C)n1cc(N)c(-c2cc(F)c(Cl)cc2Cl)n1. The summed E-state index contributed by atoms with van der Waals surface area (Å²) in [5.41, 5.74) is 7.31. The highest BCUT2D eigenvalue weighted by molar-refractivity contribution is 6.36. The quantitative estimate of drug-likeness (QED) is 0.845. The molecule has 2 aromatic rings. The van der Waals surface area contributed by atoms with E-state index in [0.29, 0.717) is 22.0 Å². The van der Waals surface area contributed by atoms with Crippen LogP contribution < -0.4 is 5.73 Å². The van der Waals surface area contributed by atoms with Crippen LogP contribution in [0.5, 0.6) is 0 Å². The number of aromatic nitrogens is 2. The molecular formula is C13H14Cl2FN3. The highest BCUT2D eigenvalue weighted by Crippen LogP contribution is 2.34. The van der Waals surface area contributed by atoms with Gasteiger partial charge < -0.3 is 5.73 Å². The number of rotatable bonds is 3. The summed E-state index contributed by atoms with van der Waals surface area (Å²) < 4.78 is 15.3. The van der Waals surface area contributed by atoms with Crippen molar-refractivity contribution in [2.24, 2.45) is 0 Å². The summed E-state index contributed by atoms with van der Waals surface area (Å²) in [7, 11) is 0. The molecule has 2 rings (SSSR count). The second kappa shape index (κ2) is 5.39. The lowest BCUT2D eigenvalue weighted by atomic mass is 10.1. The molecule has 6 heteroatoms. The van der Waals surface area contributed by atoms with Gasteiger partial charge in [0, 0.05) is 17.8 Å². The Morgan fingerprint density at radius 1 is 1.37 bits per heavy atom. The maximum absolute atomic E-state index is 13.5. The Morgan fingerprint density at radius 2 is 2.05 bits per heavy atom. The number of nitrogen functional groups attached to an aromatic ring is 1. The van der Waals surface area contributed by atoms with Crippen LogP contribution in [0.3, 0.4) is 0 Å². The number of nitrogens with two attached hydrogens (primary N) is 1. The molecule has 1 atom stereocenters. The maximum Gasteiger partial charge on any atom is 0.142 e. The smallest absolute Gasteiger partial charge is 0.142 e. The van der Waals surface area contributed by atoms with Crippen LogP contribution in [0.25, 0.3) is 11.3 Å². The van der Waals surface area contributed by atoms with Gasteiger partial charge in [-0.05, 0) is 25.5 Å². The molecular weight excluding hydrogens is 288 g/mol. The van der Waals surface area contributed by atoms with E-state index in [0.717, 1.165) is 6.42 Å². The van der Waals surface area contributed by atoms with Gasteiger partial charge >= 0.3 is 0 Å². The second-order valence-corrected chi connectivity index (χ2v) is 5.23. The maximum atomic E-state index is 13.5. The first-order valence-corrected chi connectivity index (χ1v) is 6.69. The third kappa shape index (κ3) is 2.69. The Bertz CT molecular complexity index is 610. The Labute approximate surface area is 121 Å². The van der Waals surface area contributed by atoms with Gasteiger partial charge in [0.25, 0.3) is 0 Å². The average Bonchev–Trinajstić information content (AvgIpc) is 2.75. The Hall–Kier alpha value is -1.26. The molecule has 102 valence electrons. The fourth-order valence-corrected chi connectivity index (χ4v) is 2.20. The van der Waals surface area contributed by atoms with Crippen molar-refractivity contribution in [3.63, 3.8) is 0 Å². The van der Waals surface area contributed by atoms with Crippen molar-refractivity contribution in [1.29, 1.82) is 0 Å². The molecule has 1 unspecified atom stereocenters. The minimum Gasteiger partial charge on any atom is -0.396 e. The van der Waals surface area contributed by atoms with Crippen molar-refractivity contribution >= 4 is 28.9 Å². The second-order valence-electron chi connectivity index (χ2n) is 4.42. The Morgan fingerprint density at radius 3 is 2.68 bits per heavy atom. The molecule has 1 heterocycles. The number of anilines is 1. The van der Waals surface area contributed by atoms with Crippen LogP contribution in [0, 0.1) is 5.82 Å². The van der Waals surface area contributed by atoms with E-state index >= 15 is 0 Å². The number of benzene rings is 1. The van der Waals surface area contributed by atoms with E-state index in [1.165, 1.54) is 12.1 Å². The van der Waals surface area contributed by atoms with E-state index < -0.39 is 5.82 Å². The number of hydrogen-bond acceptors (Lipinski definition) is 2. The Kier molecular flexibility index (Phi) is 4.02. The number of halogens is 3. The standard InChI is InChI=1S/C13H14Cl2FN3/c1-3-7(2)19-6-12(17)13(18-19)8-4-11(16)10(15)5-9(8)14/h4-7H,3,17H2,1-2H3. The largest absolute Gasteiger partial charge is 0.396 e. The lowest BCUT2D eigenvalue weighted by Crippen LogP contribution is -2.04. The van der Waals surface area contributed by atoms with Gasteiger partial charge in [-0.15, -0.1) is 0 Å². The third-order valence-electron chi connectivity index (χ3n) is 3.07. The van der Waals surface area contributed by atoms with Gasteiger partial charge in [0.2, 0.25) is 0 Å². The van der Waals surface area contributed by atoms with Crippen molar-refractivity contribution in [3.05, 3.63) is 34.2 Å². The van der Waals surface area contributed by atoms with E-state index in [4.69, 9.17) is 28.9 Å². The van der Waals surface area contributed by atoms with Gasteiger partial charge in [-0.2, -0.15) is 5.10 Å². The van der Waals surface area contributed by atoms with Gasteiger partial charge in [-0.25, -0.2) is 4.39 Å². The predicted octanol–water partition coefficient (Wildman–Crippen LogP) is 4.55. The van der Waals surface area contributed by atoms with Crippen LogP contribution in [0.15, 0.2) is 18.3 Å². The first kappa shape index (κ1) is 14.2. The van der Waals surface area contributed by atoms with Crippen LogP contribution in [0.2, 0.25) is 10.0 Å². The molecule has 0 spiro atoms. The van der Waals surface area contributed by atoms with Crippen molar-refractivity contribution in [2.75, 3.05) is 5.73 Å². The monoisotopic (exact) mass is 301 g/mol. The average molecular weight is 302 g/mol. The Balaban J connectivity index is 2.53. The molecule has 2 N–H and O–H groups in total. The minimum atomic E-state index is -0.543. The molecule has 19 heavy (non-hydrogen) atoms. The molecule has 0 saturated carbocycles. The van der Waals surface area contributed by atoms with Crippen molar-refractivity contribution in [3.8, 4) is 11.3 Å². The molecule has 0 aliphatic rings.